The fraction of sp³-hybridized carbons (Fsp3) is 0.750. The zero-order chi connectivity index (χ0) is 8.58. The molecule has 0 atom stereocenters. The summed E-state index contributed by atoms with van der Waals surface area (Å²) in [5, 5.41) is 0. The van der Waals surface area contributed by atoms with Crippen molar-refractivity contribution in [3.8, 4) is 0 Å². The summed E-state index contributed by atoms with van der Waals surface area (Å²) in [5.41, 5.74) is 0.200. The van der Waals surface area contributed by atoms with Crippen molar-refractivity contribution in [2.24, 2.45) is 5.41 Å². The molecule has 10 heavy (non-hydrogen) atoms. The van der Waals surface area contributed by atoms with Crippen molar-refractivity contribution in [2.75, 3.05) is 0 Å². The molecule has 0 N–H and O–H groups in total. The predicted octanol–water partition coefficient (Wildman–Crippen LogP) is 3.57. The standard InChI is InChI=1S/C8H17ClGe/c1-7(8(2,3)4)10(5,6)9/h1H2,2-6H3. The Hall–Kier alpha value is 0.573. The van der Waals surface area contributed by atoms with Gasteiger partial charge in [-0.3, -0.25) is 0 Å². The van der Waals surface area contributed by atoms with Crippen LogP contribution in [0.25, 0.3) is 0 Å². The third-order valence-electron chi connectivity index (χ3n) is 1.62. The molecule has 0 unspecified atom stereocenters. The molecule has 0 aromatic heterocycles. The average Bonchev–Trinajstić information content (AvgIpc) is 1.59. The van der Waals surface area contributed by atoms with E-state index in [0.29, 0.717) is 0 Å². The van der Waals surface area contributed by atoms with Crippen LogP contribution in [0.2, 0.25) is 11.5 Å². The molecule has 0 aliphatic carbocycles. The maximum atomic E-state index is 6.26. The second kappa shape index (κ2) is 2.90. The Morgan fingerprint density at radius 3 is 1.60 bits per heavy atom. The van der Waals surface area contributed by atoms with Gasteiger partial charge in [-0.05, 0) is 0 Å². The Labute approximate surface area is 71.2 Å². The van der Waals surface area contributed by atoms with E-state index in [1.165, 1.54) is 4.41 Å². The van der Waals surface area contributed by atoms with Crippen LogP contribution in [-0.4, -0.2) is 12.3 Å². The second-order valence-electron chi connectivity index (χ2n) is 4.20. The molecule has 0 saturated heterocycles. The molecule has 0 aliphatic rings. The topological polar surface area (TPSA) is 0 Å². The molecule has 0 aromatic rings. The molecule has 0 heterocycles. The van der Waals surface area contributed by atoms with E-state index in [1.807, 2.05) is 0 Å². The monoisotopic (exact) mass is 222 g/mol. The van der Waals surface area contributed by atoms with E-state index in [4.69, 9.17) is 10.0 Å². The third kappa shape index (κ3) is 3.11. The summed E-state index contributed by atoms with van der Waals surface area (Å²) in [5.74, 6) is 4.32. The van der Waals surface area contributed by atoms with Crippen molar-refractivity contribution in [1.29, 1.82) is 0 Å². The molecular weight excluding hydrogens is 204 g/mol. The number of halogens is 1. The first-order chi connectivity index (χ1) is 4.15. The first-order valence-corrected chi connectivity index (χ1v) is 11.5. The van der Waals surface area contributed by atoms with Gasteiger partial charge < -0.3 is 0 Å². The van der Waals surface area contributed by atoms with E-state index >= 15 is 0 Å². The van der Waals surface area contributed by atoms with Crippen molar-refractivity contribution in [2.45, 2.75) is 32.3 Å². The van der Waals surface area contributed by atoms with Gasteiger partial charge in [0, 0.05) is 0 Å². The van der Waals surface area contributed by atoms with E-state index in [1.54, 1.807) is 0 Å². The van der Waals surface area contributed by atoms with Crippen molar-refractivity contribution in [3.63, 3.8) is 0 Å². The summed E-state index contributed by atoms with van der Waals surface area (Å²) < 4.78 is 1.27. The number of hydrogen-bond acceptors (Lipinski definition) is 0. The molecule has 0 bridgehead atoms. The van der Waals surface area contributed by atoms with E-state index in [2.05, 4.69) is 38.9 Å². The minimum absolute atomic E-state index is 0.200. The van der Waals surface area contributed by atoms with Crippen molar-refractivity contribution in [1.82, 2.24) is 0 Å². The van der Waals surface area contributed by atoms with Gasteiger partial charge >= 0.3 is 71.0 Å². The van der Waals surface area contributed by atoms with Crippen LogP contribution < -0.4 is 0 Å². The van der Waals surface area contributed by atoms with E-state index in [-0.39, 0.29) is 5.41 Å². The van der Waals surface area contributed by atoms with Crippen molar-refractivity contribution in [3.05, 3.63) is 11.0 Å². The number of hydrogen-bond donors (Lipinski definition) is 0. The molecule has 0 saturated carbocycles. The van der Waals surface area contributed by atoms with Gasteiger partial charge in [0.1, 0.15) is 0 Å². The summed E-state index contributed by atoms with van der Waals surface area (Å²) in [6, 6.07) is 0. The molecule has 0 aliphatic heterocycles. The van der Waals surface area contributed by atoms with Gasteiger partial charge in [-0.15, -0.1) is 0 Å². The summed E-state index contributed by atoms with van der Waals surface area (Å²) >= 11 is -2.09. The van der Waals surface area contributed by atoms with Crippen LogP contribution in [-0.2, 0) is 0 Å². The van der Waals surface area contributed by atoms with Gasteiger partial charge in [0.05, 0.1) is 0 Å². The Morgan fingerprint density at radius 1 is 1.30 bits per heavy atom. The maximum absolute atomic E-state index is 6.26. The summed E-state index contributed by atoms with van der Waals surface area (Å²) in [4.78, 5) is 0. The van der Waals surface area contributed by atoms with Gasteiger partial charge in [-0.2, -0.15) is 0 Å². The van der Waals surface area contributed by atoms with Crippen molar-refractivity contribution >= 4 is 22.3 Å². The third-order valence-corrected chi connectivity index (χ3v) is 7.39. The quantitative estimate of drug-likeness (QED) is 0.594. The molecule has 0 nitrogen and oxygen atoms in total. The predicted molar refractivity (Wildman–Crippen MR) is 51.9 cm³/mol. The SMILES string of the molecule is C=[C](C(C)(C)C)[Ge]([CH3])([CH3])[Cl]. The van der Waals surface area contributed by atoms with Crippen LogP contribution in [0.4, 0.5) is 0 Å². The molecule has 0 radical (unpaired) electrons. The minimum atomic E-state index is -2.09. The molecule has 0 spiro atoms. The van der Waals surface area contributed by atoms with Gasteiger partial charge in [0.25, 0.3) is 0 Å². The summed E-state index contributed by atoms with van der Waals surface area (Å²) in [6.07, 6.45) is 0. The Balaban J connectivity index is 4.40. The number of rotatable bonds is 1. The second-order valence-corrected chi connectivity index (χ2v) is 16.6. The Bertz CT molecular complexity index is 120. The van der Waals surface area contributed by atoms with Crippen molar-refractivity contribution < 1.29 is 0 Å². The Kier molecular flexibility index (Phi) is 3.07. The molecule has 0 aromatic carbocycles. The first kappa shape index (κ1) is 10.6. The molecule has 0 amide bonds. The van der Waals surface area contributed by atoms with Gasteiger partial charge in [-0.1, -0.05) is 0 Å². The van der Waals surface area contributed by atoms with Crippen LogP contribution >= 0.6 is 10.0 Å². The van der Waals surface area contributed by atoms with Gasteiger partial charge in [0.2, 0.25) is 0 Å². The van der Waals surface area contributed by atoms with E-state index in [0.717, 1.165) is 0 Å². The summed E-state index contributed by atoms with van der Waals surface area (Å²) in [6.45, 7) is 10.6. The zero-order valence-electron chi connectivity index (χ0n) is 7.59. The summed E-state index contributed by atoms with van der Waals surface area (Å²) in [7, 11) is 6.26. The zero-order valence-corrected chi connectivity index (χ0v) is 10.4. The van der Waals surface area contributed by atoms with Gasteiger partial charge in [0.15, 0.2) is 0 Å². The molecule has 0 fully saturated rings. The molecule has 2 heteroatoms. The molecule has 60 valence electrons. The van der Waals surface area contributed by atoms with E-state index < -0.39 is 12.3 Å². The van der Waals surface area contributed by atoms with Crippen LogP contribution in [0.5, 0.6) is 0 Å². The molecule has 0 rings (SSSR count). The van der Waals surface area contributed by atoms with Crippen LogP contribution in [0, 0.1) is 5.41 Å². The fourth-order valence-corrected chi connectivity index (χ4v) is 6.11. The average molecular weight is 221 g/mol. The number of allylic oxidation sites excluding steroid dienone is 1. The first-order valence-electron chi connectivity index (χ1n) is 3.54. The Morgan fingerprint density at radius 2 is 1.60 bits per heavy atom. The fourth-order valence-electron chi connectivity index (χ4n) is 0.892. The van der Waals surface area contributed by atoms with Crippen LogP contribution in [0.15, 0.2) is 11.0 Å². The molecular formula is C8H17ClGe. The van der Waals surface area contributed by atoms with Crippen LogP contribution in [0.1, 0.15) is 20.8 Å². The van der Waals surface area contributed by atoms with E-state index in [9.17, 15) is 0 Å². The normalized spacial score (nSPS) is 13.4. The van der Waals surface area contributed by atoms with Crippen LogP contribution in [0.3, 0.4) is 0 Å². The van der Waals surface area contributed by atoms with Gasteiger partial charge in [-0.25, -0.2) is 0 Å².